The van der Waals surface area contributed by atoms with Crippen LogP contribution in [-0.4, -0.2) is 17.0 Å². The summed E-state index contributed by atoms with van der Waals surface area (Å²) in [4.78, 5) is 18.2. The molecule has 0 heterocycles. The maximum absolute atomic E-state index is 10.1. The Morgan fingerprint density at radius 3 is 2.57 bits per heavy atom. The van der Waals surface area contributed by atoms with Crippen LogP contribution >= 0.6 is 8.81 Å². The molecular formula is C3H8NO2P. The monoisotopic (exact) mass is 121 g/mol. The predicted octanol–water partition coefficient (Wildman–Crippen LogP) is -0.552. The maximum atomic E-state index is 10.1. The van der Waals surface area contributed by atoms with Gasteiger partial charge in [0.2, 0.25) is 0 Å². The van der Waals surface area contributed by atoms with Crippen molar-refractivity contribution < 1.29 is 9.69 Å². The molecule has 0 aromatic carbocycles. The molecule has 42 valence electrons. The lowest BCUT2D eigenvalue weighted by Gasteiger charge is -1.86. The van der Waals surface area contributed by atoms with Gasteiger partial charge in [-0.05, 0) is 6.54 Å². The van der Waals surface area contributed by atoms with Crippen molar-refractivity contribution in [3.8, 4) is 0 Å². The van der Waals surface area contributed by atoms with E-state index in [1.807, 2.05) is 0 Å². The lowest BCUT2D eigenvalue weighted by atomic mass is 10.5. The summed E-state index contributed by atoms with van der Waals surface area (Å²) in [7, 11) is -0.581. The fraction of sp³-hybridized carbons (Fsp3) is 0.667. The lowest BCUT2D eigenvalue weighted by molar-refractivity contribution is -0.111. The van der Waals surface area contributed by atoms with Gasteiger partial charge in [-0.3, -0.25) is 4.79 Å². The Kier molecular flexibility index (Phi) is 4.20. The molecule has 7 heavy (non-hydrogen) atoms. The van der Waals surface area contributed by atoms with E-state index in [9.17, 15) is 4.79 Å². The van der Waals surface area contributed by atoms with Crippen molar-refractivity contribution >= 4 is 14.3 Å². The van der Waals surface area contributed by atoms with E-state index in [0.717, 1.165) is 0 Å². The van der Waals surface area contributed by atoms with Crippen LogP contribution in [0.1, 0.15) is 6.42 Å². The molecule has 1 atom stereocenters. The molecule has 0 fully saturated rings. The van der Waals surface area contributed by atoms with Crippen LogP contribution in [0.15, 0.2) is 0 Å². The van der Waals surface area contributed by atoms with Crippen LogP contribution in [0.4, 0.5) is 0 Å². The Morgan fingerprint density at radius 2 is 2.43 bits per heavy atom. The summed E-state index contributed by atoms with van der Waals surface area (Å²) in [5.41, 5.74) is 4.81. The van der Waals surface area contributed by atoms with E-state index in [1.165, 1.54) is 0 Å². The van der Waals surface area contributed by atoms with E-state index in [-0.39, 0.29) is 5.52 Å². The van der Waals surface area contributed by atoms with Crippen molar-refractivity contribution in [2.45, 2.75) is 6.42 Å². The van der Waals surface area contributed by atoms with Crippen molar-refractivity contribution in [2.24, 2.45) is 5.73 Å². The summed E-state index contributed by atoms with van der Waals surface area (Å²) < 4.78 is 0. The molecule has 0 saturated heterocycles. The highest BCUT2D eigenvalue weighted by Crippen LogP contribution is 2.04. The van der Waals surface area contributed by atoms with Crippen molar-refractivity contribution in [3.05, 3.63) is 0 Å². The minimum absolute atomic E-state index is 0.164. The first-order valence-electron chi connectivity index (χ1n) is 1.94. The zero-order chi connectivity index (χ0) is 5.70. The number of carbonyl (C=O) groups excluding carboxylic acids is 1. The van der Waals surface area contributed by atoms with Crippen molar-refractivity contribution in [1.82, 2.24) is 0 Å². The van der Waals surface area contributed by atoms with Crippen molar-refractivity contribution in [2.75, 3.05) is 6.54 Å². The average Bonchev–Trinajstić information content (AvgIpc) is 1.68. The van der Waals surface area contributed by atoms with E-state index in [0.29, 0.717) is 13.0 Å². The van der Waals surface area contributed by atoms with Crippen LogP contribution in [0.5, 0.6) is 0 Å². The summed E-state index contributed by atoms with van der Waals surface area (Å²) >= 11 is 0. The molecule has 3 N–H and O–H groups in total. The first-order chi connectivity index (χ1) is 3.31. The molecule has 0 amide bonds. The quantitative estimate of drug-likeness (QED) is 0.492. The highest BCUT2D eigenvalue weighted by molar-refractivity contribution is 7.52. The van der Waals surface area contributed by atoms with Gasteiger partial charge >= 0.3 is 0 Å². The molecule has 0 aromatic heterocycles. The minimum atomic E-state index is -0.581. The molecule has 3 nitrogen and oxygen atoms in total. The second-order valence-corrected chi connectivity index (χ2v) is 1.85. The van der Waals surface area contributed by atoms with E-state index < -0.39 is 8.81 Å². The third-order valence-corrected chi connectivity index (χ3v) is 0.996. The fourth-order valence-corrected chi connectivity index (χ4v) is 0.443. The molecule has 0 bridgehead atoms. The Hall–Kier alpha value is 0.0200. The van der Waals surface area contributed by atoms with Gasteiger partial charge in [0.05, 0.1) is 8.81 Å². The first-order valence-corrected chi connectivity index (χ1v) is 2.89. The Labute approximate surface area is 43.8 Å². The summed E-state index contributed by atoms with van der Waals surface area (Å²) in [5.74, 6) is 0. The van der Waals surface area contributed by atoms with Crippen LogP contribution < -0.4 is 5.73 Å². The average molecular weight is 121 g/mol. The molecule has 1 unspecified atom stereocenters. The standard InChI is InChI=1S/C3H8NO2P/c4-2-1-3(5)7-6/h6-7H,1-2,4H2. The van der Waals surface area contributed by atoms with Gasteiger partial charge in [0.15, 0.2) is 5.52 Å². The van der Waals surface area contributed by atoms with Gasteiger partial charge in [-0.15, -0.1) is 0 Å². The number of carbonyl (C=O) groups is 1. The van der Waals surface area contributed by atoms with Gasteiger partial charge in [-0.25, -0.2) is 0 Å². The highest BCUT2D eigenvalue weighted by Gasteiger charge is 1.93. The van der Waals surface area contributed by atoms with Crippen molar-refractivity contribution in [3.63, 3.8) is 0 Å². The second kappa shape index (κ2) is 4.19. The molecule has 0 aliphatic rings. The number of rotatable bonds is 3. The molecule has 0 aromatic rings. The molecule has 0 aliphatic heterocycles. The zero-order valence-electron chi connectivity index (χ0n) is 3.85. The van der Waals surface area contributed by atoms with Gasteiger partial charge in [0.1, 0.15) is 0 Å². The molecular weight excluding hydrogens is 113 g/mol. The normalized spacial score (nSPS) is 10.6. The highest BCUT2D eigenvalue weighted by atomic mass is 31.1. The van der Waals surface area contributed by atoms with E-state index in [1.54, 1.807) is 0 Å². The van der Waals surface area contributed by atoms with Crippen molar-refractivity contribution in [1.29, 1.82) is 0 Å². The van der Waals surface area contributed by atoms with Crippen LogP contribution in [0.2, 0.25) is 0 Å². The van der Waals surface area contributed by atoms with E-state index in [4.69, 9.17) is 10.6 Å². The number of hydrogen-bond acceptors (Lipinski definition) is 3. The van der Waals surface area contributed by atoms with Gasteiger partial charge in [0.25, 0.3) is 0 Å². The summed E-state index contributed by atoms with van der Waals surface area (Å²) in [6, 6.07) is 0. The van der Waals surface area contributed by atoms with E-state index >= 15 is 0 Å². The van der Waals surface area contributed by atoms with Crippen LogP contribution in [0.25, 0.3) is 0 Å². The smallest absolute Gasteiger partial charge is 0.179 e. The summed E-state index contributed by atoms with van der Waals surface area (Å²) in [6.07, 6.45) is 0.301. The zero-order valence-corrected chi connectivity index (χ0v) is 4.85. The molecule has 0 rings (SSSR count). The summed E-state index contributed by atoms with van der Waals surface area (Å²) in [6.45, 7) is 0.340. The van der Waals surface area contributed by atoms with Gasteiger partial charge in [-0.1, -0.05) is 0 Å². The van der Waals surface area contributed by atoms with Crippen LogP contribution in [-0.2, 0) is 4.79 Å². The van der Waals surface area contributed by atoms with Crippen LogP contribution in [0, 0.1) is 0 Å². The third-order valence-electron chi connectivity index (χ3n) is 0.496. The SMILES string of the molecule is NCCC(=O)PO. The lowest BCUT2D eigenvalue weighted by Crippen LogP contribution is -2.02. The Bertz CT molecular complexity index is 66.0. The van der Waals surface area contributed by atoms with Crippen LogP contribution in [0.3, 0.4) is 0 Å². The predicted molar refractivity (Wildman–Crippen MR) is 29.2 cm³/mol. The summed E-state index contributed by atoms with van der Waals surface area (Å²) in [5, 5.41) is 0. The first kappa shape index (κ1) is 7.02. The third kappa shape index (κ3) is 3.86. The van der Waals surface area contributed by atoms with E-state index in [2.05, 4.69) is 0 Å². The fourth-order valence-electron chi connectivity index (χ4n) is 0.187. The number of hydrogen-bond donors (Lipinski definition) is 2. The number of nitrogens with two attached hydrogens (primary N) is 1. The largest absolute Gasteiger partial charge is 0.369 e. The maximum Gasteiger partial charge on any atom is 0.179 e. The molecule has 0 saturated carbocycles. The minimum Gasteiger partial charge on any atom is -0.369 e. The Morgan fingerprint density at radius 1 is 1.86 bits per heavy atom. The topological polar surface area (TPSA) is 63.3 Å². The molecule has 0 spiro atoms. The molecule has 0 radical (unpaired) electrons. The molecule has 4 heteroatoms. The van der Waals surface area contributed by atoms with Gasteiger partial charge in [0, 0.05) is 6.42 Å². The van der Waals surface area contributed by atoms with Gasteiger partial charge in [-0.2, -0.15) is 0 Å². The van der Waals surface area contributed by atoms with Gasteiger partial charge < -0.3 is 10.6 Å². The Balaban J connectivity index is 3.00. The second-order valence-electron chi connectivity index (χ2n) is 1.07. The molecule has 0 aliphatic carbocycles.